The molecule has 1 amide bonds. The molecule has 23 heavy (non-hydrogen) atoms. The maximum Gasteiger partial charge on any atom is 0.270 e. The molecule has 6 heteroatoms. The Kier molecular flexibility index (Phi) is 5.51. The molecular weight excluding hydrogens is 292 g/mol. The topological polar surface area (TPSA) is 76.1 Å². The van der Waals surface area contributed by atoms with Crippen LogP contribution >= 0.6 is 0 Å². The number of rotatable bonds is 6. The normalized spacial score (nSPS) is 10.5. The van der Waals surface area contributed by atoms with Gasteiger partial charge in [0.05, 0.1) is 7.11 Å². The molecule has 0 atom stereocenters. The summed E-state index contributed by atoms with van der Waals surface area (Å²) in [5.41, 5.74) is 1.91. The van der Waals surface area contributed by atoms with Gasteiger partial charge in [0.1, 0.15) is 11.4 Å². The lowest BCUT2D eigenvalue weighted by Crippen LogP contribution is -2.28. The summed E-state index contributed by atoms with van der Waals surface area (Å²) < 4.78 is 5.12. The van der Waals surface area contributed by atoms with E-state index >= 15 is 0 Å². The molecule has 0 bridgehead atoms. The van der Waals surface area contributed by atoms with Crippen LogP contribution in [0.5, 0.6) is 5.75 Å². The third kappa shape index (κ3) is 4.95. The molecular formula is C17H22N4O2. The molecule has 0 saturated heterocycles. The lowest BCUT2D eigenvalue weighted by molar-refractivity contribution is 0.0944. The smallest absolute Gasteiger partial charge is 0.270 e. The van der Waals surface area contributed by atoms with Crippen LogP contribution in [0.3, 0.4) is 0 Å². The Morgan fingerprint density at radius 3 is 2.52 bits per heavy atom. The van der Waals surface area contributed by atoms with Crippen LogP contribution < -0.4 is 15.4 Å². The van der Waals surface area contributed by atoms with Crippen LogP contribution in [0.1, 0.15) is 30.0 Å². The van der Waals surface area contributed by atoms with Crippen molar-refractivity contribution in [1.82, 2.24) is 15.3 Å². The molecule has 0 aliphatic carbocycles. The van der Waals surface area contributed by atoms with Crippen molar-refractivity contribution in [2.24, 2.45) is 5.92 Å². The first kappa shape index (κ1) is 16.7. The second-order valence-electron chi connectivity index (χ2n) is 5.68. The Labute approximate surface area is 136 Å². The van der Waals surface area contributed by atoms with Gasteiger partial charge in [0.15, 0.2) is 0 Å². The molecule has 0 spiro atoms. The van der Waals surface area contributed by atoms with Gasteiger partial charge in [-0.3, -0.25) is 4.79 Å². The van der Waals surface area contributed by atoms with Crippen molar-refractivity contribution < 1.29 is 9.53 Å². The minimum atomic E-state index is -0.193. The minimum Gasteiger partial charge on any atom is -0.497 e. The first-order valence-corrected chi connectivity index (χ1v) is 7.53. The number of hydrogen-bond acceptors (Lipinski definition) is 5. The summed E-state index contributed by atoms with van der Waals surface area (Å²) in [5.74, 6) is 1.36. The molecule has 122 valence electrons. The van der Waals surface area contributed by atoms with Crippen LogP contribution in [0.25, 0.3) is 0 Å². The van der Waals surface area contributed by atoms with E-state index in [-0.39, 0.29) is 5.91 Å². The highest BCUT2D eigenvalue weighted by Gasteiger charge is 2.11. The molecule has 1 aromatic carbocycles. The second kappa shape index (κ2) is 7.58. The third-order valence-corrected chi connectivity index (χ3v) is 3.10. The molecule has 0 unspecified atom stereocenters. The number of carbonyl (C=O) groups excluding carboxylic acids is 1. The zero-order valence-electron chi connectivity index (χ0n) is 13.9. The number of amides is 1. The predicted molar refractivity (Wildman–Crippen MR) is 90.2 cm³/mol. The number of ether oxygens (including phenoxy) is 1. The number of aryl methyl sites for hydroxylation is 1. The first-order chi connectivity index (χ1) is 11.0. The van der Waals surface area contributed by atoms with Crippen LogP contribution in [-0.4, -0.2) is 29.5 Å². The average molecular weight is 314 g/mol. The summed E-state index contributed by atoms with van der Waals surface area (Å²) >= 11 is 0. The monoisotopic (exact) mass is 314 g/mol. The molecule has 1 aromatic heterocycles. The second-order valence-corrected chi connectivity index (χ2v) is 5.68. The van der Waals surface area contributed by atoms with Gasteiger partial charge >= 0.3 is 0 Å². The molecule has 6 nitrogen and oxygen atoms in total. The molecule has 0 fully saturated rings. The largest absolute Gasteiger partial charge is 0.497 e. The summed E-state index contributed by atoms with van der Waals surface area (Å²) in [7, 11) is 1.62. The molecule has 2 aromatic rings. The zero-order chi connectivity index (χ0) is 16.8. The predicted octanol–water partition coefficient (Wildman–Crippen LogP) is 2.92. The fraction of sp³-hybridized carbons (Fsp3) is 0.353. The van der Waals surface area contributed by atoms with Gasteiger partial charge in [-0.05, 0) is 43.2 Å². The maximum absolute atomic E-state index is 12.1. The maximum atomic E-state index is 12.1. The van der Waals surface area contributed by atoms with Crippen molar-refractivity contribution in [2.75, 3.05) is 19.0 Å². The third-order valence-electron chi connectivity index (χ3n) is 3.10. The van der Waals surface area contributed by atoms with E-state index in [0.717, 1.165) is 17.1 Å². The minimum absolute atomic E-state index is 0.193. The van der Waals surface area contributed by atoms with E-state index in [1.807, 2.05) is 45.0 Å². The van der Waals surface area contributed by atoms with Gasteiger partial charge in [-0.2, -0.15) is 0 Å². The van der Waals surface area contributed by atoms with E-state index in [0.29, 0.717) is 24.1 Å². The number of aromatic nitrogens is 2. The van der Waals surface area contributed by atoms with Gasteiger partial charge < -0.3 is 15.4 Å². The quantitative estimate of drug-likeness (QED) is 0.857. The molecule has 0 radical (unpaired) electrons. The van der Waals surface area contributed by atoms with E-state index in [1.165, 1.54) is 0 Å². The molecule has 0 saturated carbocycles. The average Bonchev–Trinajstić information content (AvgIpc) is 2.52. The molecule has 0 aliphatic heterocycles. The van der Waals surface area contributed by atoms with E-state index in [4.69, 9.17) is 4.74 Å². The lowest BCUT2D eigenvalue weighted by atomic mass is 10.2. The zero-order valence-corrected chi connectivity index (χ0v) is 13.9. The van der Waals surface area contributed by atoms with Crippen LogP contribution in [0.4, 0.5) is 11.6 Å². The summed E-state index contributed by atoms with van der Waals surface area (Å²) in [6.45, 7) is 6.54. The highest BCUT2D eigenvalue weighted by atomic mass is 16.5. The van der Waals surface area contributed by atoms with Crippen molar-refractivity contribution in [2.45, 2.75) is 20.8 Å². The Balaban J connectivity index is 2.14. The van der Waals surface area contributed by atoms with E-state index in [9.17, 15) is 4.79 Å². The van der Waals surface area contributed by atoms with Gasteiger partial charge in [0.25, 0.3) is 5.91 Å². The Morgan fingerprint density at radius 1 is 1.22 bits per heavy atom. The van der Waals surface area contributed by atoms with Crippen LogP contribution in [0, 0.1) is 12.8 Å². The van der Waals surface area contributed by atoms with Crippen LogP contribution in [0.15, 0.2) is 30.3 Å². The van der Waals surface area contributed by atoms with Gasteiger partial charge in [-0.25, -0.2) is 9.97 Å². The fourth-order valence-corrected chi connectivity index (χ4v) is 1.93. The standard InChI is InChI=1S/C17H22N4O2/c1-11(2)10-18-16(22)15-9-12(3)19-17(21-15)20-13-5-7-14(23-4)8-6-13/h5-9,11H,10H2,1-4H3,(H,18,22)(H,19,20,21). The number of nitrogens with one attached hydrogen (secondary N) is 2. The molecule has 2 rings (SSSR count). The number of carbonyl (C=O) groups is 1. The highest BCUT2D eigenvalue weighted by molar-refractivity contribution is 5.92. The van der Waals surface area contributed by atoms with Crippen molar-refractivity contribution in [3.05, 3.63) is 41.7 Å². The Hall–Kier alpha value is -2.63. The fourth-order valence-electron chi connectivity index (χ4n) is 1.93. The van der Waals surface area contributed by atoms with Crippen LogP contribution in [-0.2, 0) is 0 Å². The summed E-state index contributed by atoms with van der Waals surface area (Å²) in [6.07, 6.45) is 0. The number of benzene rings is 1. The van der Waals surface area contributed by atoms with Crippen molar-refractivity contribution in [1.29, 1.82) is 0 Å². The van der Waals surface area contributed by atoms with E-state index in [1.54, 1.807) is 13.2 Å². The summed E-state index contributed by atoms with van der Waals surface area (Å²) in [4.78, 5) is 20.7. The van der Waals surface area contributed by atoms with E-state index in [2.05, 4.69) is 20.6 Å². The van der Waals surface area contributed by atoms with Crippen molar-refractivity contribution in [3.8, 4) is 5.75 Å². The number of anilines is 2. The molecule has 2 N–H and O–H groups in total. The van der Waals surface area contributed by atoms with Gasteiger partial charge in [0, 0.05) is 17.9 Å². The van der Waals surface area contributed by atoms with Crippen molar-refractivity contribution >= 4 is 17.5 Å². The van der Waals surface area contributed by atoms with Crippen molar-refractivity contribution in [3.63, 3.8) is 0 Å². The Morgan fingerprint density at radius 2 is 1.91 bits per heavy atom. The SMILES string of the molecule is COc1ccc(Nc2nc(C)cc(C(=O)NCC(C)C)n2)cc1. The number of methoxy groups -OCH3 is 1. The van der Waals surface area contributed by atoms with Crippen LogP contribution in [0.2, 0.25) is 0 Å². The number of hydrogen-bond donors (Lipinski definition) is 2. The molecule has 0 aliphatic rings. The van der Waals surface area contributed by atoms with Gasteiger partial charge in [0.2, 0.25) is 5.95 Å². The van der Waals surface area contributed by atoms with Gasteiger partial charge in [-0.15, -0.1) is 0 Å². The summed E-state index contributed by atoms with van der Waals surface area (Å²) in [5, 5.41) is 5.96. The number of nitrogens with zero attached hydrogens (tertiary/aromatic N) is 2. The first-order valence-electron chi connectivity index (χ1n) is 7.53. The molecule has 1 heterocycles. The summed E-state index contributed by atoms with van der Waals surface area (Å²) in [6, 6.07) is 9.09. The lowest BCUT2D eigenvalue weighted by Gasteiger charge is -2.10. The Bertz CT molecular complexity index is 669. The highest BCUT2D eigenvalue weighted by Crippen LogP contribution is 2.18. The van der Waals surface area contributed by atoms with Gasteiger partial charge in [-0.1, -0.05) is 13.8 Å². The van der Waals surface area contributed by atoms with E-state index < -0.39 is 0 Å².